The predicted octanol–water partition coefficient (Wildman–Crippen LogP) is 2.48. The first-order valence-electron chi connectivity index (χ1n) is 10.9. The smallest absolute Gasteiger partial charge is 0.331 e. The number of hydrogen-bond acceptors (Lipinski definition) is 7. The lowest BCUT2D eigenvalue weighted by Crippen LogP contribution is -2.53. The highest BCUT2D eigenvalue weighted by Gasteiger charge is 2.26. The van der Waals surface area contributed by atoms with Gasteiger partial charge in [0.05, 0.1) is 4.90 Å². The van der Waals surface area contributed by atoms with Crippen molar-refractivity contribution in [3.63, 3.8) is 0 Å². The molecule has 0 saturated carbocycles. The third-order valence-corrected chi connectivity index (χ3v) is 7.28. The van der Waals surface area contributed by atoms with E-state index in [-0.39, 0.29) is 10.5 Å². The van der Waals surface area contributed by atoms with Gasteiger partial charge in [-0.25, -0.2) is 17.9 Å². The number of nitrogens with zero attached hydrogens (tertiary/aromatic N) is 5. The van der Waals surface area contributed by atoms with E-state index < -0.39 is 16.1 Å². The molecule has 0 radical (unpaired) electrons. The van der Waals surface area contributed by atoms with Crippen molar-refractivity contribution in [3.05, 3.63) is 64.5 Å². The molecule has 3 rings (SSSR count). The molecular formula is C24H28N6O3S. The van der Waals surface area contributed by atoms with E-state index >= 15 is 0 Å². The third-order valence-electron chi connectivity index (χ3n) is 5.94. The number of amides is 2. The van der Waals surface area contributed by atoms with E-state index in [1.165, 1.54) is 17.0 Å². The van der Waals surface area contributed by atoms with Crippen molar-refractivity contribution in [1.82, 2.24) is 19.4 Å². The number of piperazine rings is 1. The van der Waals surface area contributed by atoms with Crippen LogP contribution in [0, 0.1) is 29.6 Å². The summed E-state index contributed by atoms with van der Waals surface area (Å²) in [6.45, 7) is 9.36. The molecule has 178 valence electrons. The van der Waals surface area contributed by atoms with Crippen molar-refractivity contribution in [2.45, 2.75) is 25.7 Å². The maximum absolute atomic E-state index is 12.5. The van der Waals surface area contributed by atoms with Gasteiger partial charge in [0.2, 0.25) is 0 Å². The number of aryl methyl sites for hydroxylation is 1. The minimum atomic E-state index is -3.91. The lowest BCUT2D eigenvalue weighted by molar-refractivity contribution is 0.137. The van der Waals surface area contributed by atoms with E-state index in [0.717, 1.165) is 30.0 Å². The predicted molar refractivity (Wildman–Crippen MR) is 127 cm³/mol. The van der Waals surface area contributed by atoms with Crippen molar-refractivity contribution in [3.8, 4) is 12.1 Å². The van der Waals surface area contributed by atoms with E-state index in [9.17, 15) is 13.2 Å². The van der Waals surface area contributed by atoms with Crippen LogP contribution in [0.3, 0.4) is 0 Å². The second kappa shape index (κ2) is 10.6. The summed E-state index contributed by atoms with van der Waals surface area (Å²) in [5.74, 6) is 0. The maximum Gasteiger partial charge on any atom is 0.331 e. The molecule has 2 amide bonds. The summed E-state index contributed by atoms with van der Waals surface area (Å²) >= 11 is 0. The van der Waals surface area contributed by atoms with Crippen LogP contribution < -0.4 is 4.72 Å². The Kier molecular flexibility index (Phi) is 7.77. The summed E-state index contributed by atoms with van der Waals surface area (Å²) < 4.78 is 27.1. The number of allylic oxidation sites excluding steroid dienone is 6. The number of benzene rings is 1. The van der Waals surface area contributed by atoms with Gasteiger partial charge in [-0.15, -0.1) is 0 Å². The number of rotatable bonds is 5. The Hall–Kier alpha value is -3.60. The number of carbonyl (C=O) groups excluding carboxylic acids is 1. The van der Waals surface area contributed by atoms with E-state index in [1.807, 2.05) is 45.1 Å². The fourth-order valence-electron chi connectivity index (χ4n) is 3.95. The fraction of sp³-hybridized carbons (Fsp3) is 0.375. The normalized spacial score (nSPS) is 16.8. The standard InChI is InChI=1S/C24H28N6O3S/c1-18-4-6-23(7-5-18)34(32,33)27-24(31)29-11-8-28(9-12-29)10-13-30-19(2)14-21(15-20(30)3)22(16-25)17-26/h4-7,14-15H,8-13H2,1-3H3,(H,27,31). The van der Waals surface area contributed by atoms with Crippen molar-refractivity contribution >= 4 is 16.1 Å². The quantitative estimate of drug-likeness (QED) is 0.643. The summed E-state index contributed by atoms with van der Waals surface area (Å²) in [7, 11) is -3.91. The number of nitrogens with one attached hydrogen (secondary N) is 1. The van der Waals surface area contributed by atoms with Crippen LogP contribution in [-0.4, -0.2) is 68.4 Å². The van der Waals surface area contributed by atoms with Gasteiger partial charge in [0, 0.05) is 56.2 Å². The topological polar surface area (TPSA) is 121 Å². The molecule has 0 unspecified atom stereocenters. The Labute approximate surface area is 200 Å². The minimum Gasteiger partial charge on any atom is -0.348 e. The first-order chi connectivity index (χ1) is 16.1. The molecule has 1 aromatic carbocycles. The average molecular weight is 481 g/mol. The number of carbonyl (C=O) groups is 1. The van der Waals surface area contributed by atoms with Crippen LogP contribution >= 0.6 is 0 Å². The molecule has 10 heteroatoms. The van der Waals surface area contributed by atoms with Gasteiger partial charge in [-0.3, -0.25) is 4.90 Å². The van der Waals surface area contributed by atoms with Crippen molar-refractivity contribution < 1.29 is 13.2 Å². The first-order valence-corrected chi connectivity index (χ1v) is 12.4. The van der Waals surface area contributed by atoms with Crippen LogP contribution in [0.15, 0.2) is 63.9 Å². The van der Waals surface area contributed by atoms with Crippen LogP contribution in [-0.2, 0) is 10.0 Å². The summed E-state index contributed by atoms with van der Waals surface area (Å²) in [4.78, 5) is 18.5. The second-order valence-electron chi connectivity index (χ2n) is 8.33. The molecular weight excluding hydrogens is 452 g/mol. The Morgan fingerprint density at radius 2 is 1.50 bits per heavy atom. The van der Waals surface area contributed by atoms with Crippen LogP contribution in [0.4, 0.5) is 4.79 Å². The van der Waals surface area contributed by atoms with Gasteiger partial charge < -0.3 is 9.80 Å². The Morgan fingerprint density at radius 1 is 0.941 bits per heavy atom. The molecule has 0 aliphatic carbocycles. The molecule has 2 aliphatic heterocycles. The molecule has 2 heterocycles. The SMILES string of the molecule is CC1=CC(=C(C#N)C#N)C=C(C)N1CCN1CCN(C(=O)NS(=O)(=O)c2ccc(C)cc2)CC1. The van der Waals surface area contributed by atoms with Gasteiger partial charge >= 0.3 is 6.03 Å². The zero-order valence-corrected chi connectivity index (χ0v) is 20.4. The molecule has 1 saturated heterocycles. The molecule has 9 nitrogen and oxygen atoms in total. The molecule has 1 fully saturated rings. The molecule has 0 atom stereocenters. The number of nitriles is 2. The molecule has 0 spiro atoms. The van der Waals surface area contributed by atoms with E-state index in [1.54, 1.807) is 12.1 Å². The maximum atomic E-state index is 12.5. The molecule has 1 N–H and O–H groups in total. The fourth-order valence-corrected chi connectivity index (χ4v) is 4.92. The highest BCUT2D eigenvalue weighted by molar-refractivity contribution is 7.90. The van der Waals surface area contributed by atoms with Crippen molar-refractivity contribution in [1.29, 1.82) is 10.5 Å². The van der Waals surface area contributed by atoms with Crippen molar-refractivity contribution in [2.75, 3.05) is 39.3 Å². The molecule has 0 bridgehead atoms. The second-order valence-corrected chi connectivity index (χ2v) is 10.0. The molecule has 0 aromatic heterocycles. The zero-order chi connectivity index (χ0) is 24.9. The number of urea groups is 1. The lowest BCUT2D eigenvalue weighted by Gasteiger charge is -2.37. The lowest BCUT2D eigenvalue weighted by atomic mass is 10.0. The van der Waals surface area contributed by atoms with E-state index in [4.69, 9.17) is 10.5 Å². The summed E-state index contributed by atoms with van der Waals surface area (Å²) in [6.07, 6.45) is 3.68. The highest BCUT2D eigenvalue weighted by atomic mass is 32.2. The van der Waals surface area contributed by atoms with Gasteiger partial charge in [0.1, 0.15) is 17.7 Å². The zero-order valence-electron chi connectivity index (χ0n) is 19.6. The van der Waals surface area contributed by atoms with Gasteiger partial charge in [-0.2, -0.15) is 10.5 Å². The molecule has 2 aliphatic rings. The molecule has 1 aromatic rings. The van der Waals surface area contributed by atoms with Crippen LogP contribution in [0.5, 0.6) is 0 Å². The van der Waals surface area contributed by atoms with Gasteiger partial charge in [-0.1, -0.05) is 17.7 Å². The number of sulfonamides is 1. The van der Waals surface area contributed by atoms with Crippen LogP contribution in [0.1, 0.15) is 19.4 Å². The van der Waals surface area contributed by atoms with Gasteiger partial charge in [-0.05, 0) is 45.1 Å². The first kappa shape index (κ1) is 25.0. The van der Waals surface area contributed by atoms with Crippen LogP contribution in [0.25, 0.3) is 0 Å². The van der Waals surface area contributed by atoms with E-state index in [0.29, 0.717) is 31.8 Å². The van der Waals surface area contributed by atoms with Gasteiger partial charge in [0.15, 0.2) is 0 Å². The van der Waals surface area contributed by atoms with Crippen LogP contribution in [0.2, 0.25) is 0 Å². The Balaban J connectivity index is 1.51. The van der Waals surface area contributed by atoms with Gasteiger partial charge in [0.25, 0.3) is 10.0 Å². The highest BCUT2D eigenvalue weighted by Crippen LogP contribution is 2.24. The van der Waals surface area contributed by atoms with Crippen molar-refractivity contribution in [2.24, 2.45) is 0 Å². The molecule has 34 heavy (non-hydrogen) atoms. The average Bonchev–Trinajstić information content (AvgIpc) is 2.80. The summed E-state index contributed by atoms with van der Waals surface area (Å²) in [6, 6.07) is 9.59. The largest absolute Gasteiger partial charge is 0.348 e. The Morgan fingerprint density at radius 3 is 2.03 bits per heavy atom. The monoisotopic (exact) mass is 480 g/mol. The Bertz CT molecular complexity index is 1190. The summed E-state index contributed by atoms with van der Waals surface area (Å²) in [5.41, 5.74) is 3.57. The third kappa shape index (κ3) is 5.84. The minimum absolute atomic E-state index is 0.0631. The van der Waals surface area contributed by atoms with E-state index in [2.05, 4.69) is 14.5 Å². The number of hydrogen-bond donors (Lipinski definition) is 1. The summed E-state index contributed by atoms with van der Waals surface area (Å²) in [5, 5.41) is 18.2.